The lowest BCUT2D eigenvalue weighted by molar-refractivity contribution is -0.144. The molecule has 0 radical (unpaired) electrons. The van der Waals surface area contributed by atoms with Crippen LogP contribution in [0.4, 0.5) is 4.79 Å². The van der Waals surface area contributed by atoms with Crippen LogP contribution in [0.1, 0.15) is 33.6 Å². The van der Waals surface area contributed by atoms with Gasteiger partial charge in [0.2, 0.25) is 0 Å². The average Bonchev–Trinajstić information content (AvgIpc) is 3.17. The molecule has 21 heavy (non-hydrogen) atoms. The Kier molecular flexibility index (Phi) is 6.01. The lowest BCUT2D eigenvalue weighted by Crippen LogP contribution is -2.58. The summed E-state index contributed by atoms with van der Waals surface area (Å²) in [7, 11) is 3.91. The van der Waals surface area contributed by atoms with Crippen LogP contribution in [0.25, 0.3) is 0 Å². The summed E-state index contributed by atoms with van der Waals surface area (Å²) < 4.78 is 0. The second kappa shape index (κ2) is 7.11. The molecule has 0 spiro atoms. The predicted molar refractivity (Wildman–Crippen MR) is 82.3 cm³/mol. The number of hydrogen-bond donors (Lipinski definition) is 2. The molecule has 1 aliphatic carbocycles. The number of carboxylic acids is 1. The van der Waals surface area contributed by atoms with Gasteiger partial charge >= 0.3 is 12.0 Å². The predicted octanol–water partition coefficient (Wildman–Crippen LogP) is 1.47. The fraction of sp³-hybridized carbons (Fsp3) is 0.867. The number of nitrogens with one attached hydrogen (secondary N) is 1. The molecule has 0 saturated heterocycles. The molecule has 1 atom stereocenters. The fourth-order valence-electron chi connectivity index (χ4n) is 2.33. The van der Waals surface area contributed by atoms with Gasteiger partial charge in [-0.3, -0.25) is 0 Å². The second-order valence-corrected chi connectivity index (χ2v) is 6.86. The monoisotopic (exact) mass is 299 g/mol. The Balaban J connectivity index is 2.71. The molecule has 2 amide bonds. The average molecular weight is 299 g/mol. The van der Waals surface area contributed by atoms with E-state index in [0.717, 1.165) is 19.4 Å². The number of aliphatic carboxylic acids is 1. The molecule has 1 rings (SSSR count). The number of urea groups is 1. The van der Waals surface area contributed by atoms with Crippen LogP contribution in [0.3, 0.4) is 0 Å². The smallest absolute Gasteiger partial charge is 0.329 e. The quantitative estimate of drug-likeness (QED) is 0.712. The summed E-state index contributed by atoms with van der Waals surface area (Å²) in [6, 6.07) is -0.276. The number of likely N-dealkylation sites (N-methyl/N-ethyl adjacent to an activating group) is 1. The van der Waals surface area contributed by atoms with E-state index in [0.29, 0.717) is 19.0 Å². The molecule has 0 aliphatic heterocycles. The lowest BCUT2D eigenvalue weighted by atomic mass is 9.96. The zero-order valence-corrected chi connectivity index (χ0v) is 13.8. The topological polar surface area (TPSA) is 72.9 Å². The van der Waals surface area contributed by atoms with Crippen molar-refractivity contribution in [2.75, 3.05) is 33.7 Å². The van der Waals surface area contributed by atoms with Gasteiger partial charge in [-0.15, -0.1) is 0 Å². The second-order valence-electron chi connectivity index (χ2n) is 6.86. The normalized spacial score (nSPS) is 17.7. The molecular formula is C15H29N3O3. The minimum Gasteiger partial charge on any atom is -0.480 e. The van der Waals surface area contributed by atoms with Gasteiger partial charge in [0, 0.05) is 19.6 Å². The van der Waals surface area contributed by atoms with Crippen LogP contribution < -0.4 is 5.32 Å². The molecule has 0 aromatic carbocycles. The molecular weight excluding hydrogens is 270 g/mol. The highest BCUT2D eigenvalue weighted by Gasteiger charge is 2.49. The standard InChI is InChI=1S/C15H29N3O3/c1-11(2)10-18(9-8-17(4)5)14(21)16-15(3,13(19)20)12-6-7-12/h11-12H,6-10H2,1-5H3,(H,16,21)(H,19,20). The van der Waals surface area contributed by atoms with Gasteiger partial charge in [-0.2, -0.15) is 0 Å². The van der Waals surface area contributed by atoms with Crippen molar-refractivity contribution in [1.82, 2.24) is 15.1 Å². The van der Waals surface area contributed by atoms with Crippen LogP contribution in [0, 0.1) is 11.8 Å². The molecule has 0 heterocycles. The summed E-state index contributed by atoms with van der Waals surface area (Å²) in [5, 5.41) is 12.2. The Hall–Kier alpha value is -1.30. The van der Waals surface area contributed by atoms with E-state index in [1.54, 1.807) is 11.8 Å². The molecule has 0 aromatic heterocycles. The van der Waals surface area contributed by atoms with E-state index in [4.69, 9.17) is 0 Å². The Bertz CT molecular complexity index is 380. The number of carboxylic acid groups (broad SMARTS) is 1. The first-order valence-corrected chi connectivity index (χ1v) is 7.62. The third-order valence-corrected chi connectivity index (χ3v) is 3.89. The van der Waals surface area contributed by atoms with Crippen molar-refractivity contribution in [2.24, 2.45) is 11.8 Å². The van der Waals surface area contributed by atoms with Crippen LogP contribution in [0.2, 0.25) is 0 Å². The van der Waals surface area contributed by atoms with Crippen molar-refractivity contribution in [1.29, 1.82) is 0 Å². The van der Waals surface area contributed by atoms with E-state index >= 15 is 0 Å². The van der Waals surface area contributed by atoms with Crippen molar-refractivity contribution < 1.29 is 14.7 Å². The molecule has 2 N–H and O–H groups in total. The summed E-state index contributed by atoms with van der Waals surface area (Å²) in [5.74, 6) is -0.556. The maximum Gasteiger partial charge on any atom is 0.329 e. The van der Waals surface area contributed by atoms with Crippen molar-refractivity contribution in [3.05, 3.63) is 0 Å². The summed E-state index contributed by atoms with van der Waals surface area (Å²) in [6.07, 6.45) is 1.73. The van der Waals surface area contributed by atoms with Crippen LogP contribution in [0.15, 0.2) is 0 Å². The molecule has 1 fully saturated rings. The highest BCUT2D eigenvalue weighted by atomic mass is 16.4. The minimum absolute atomic E-state index is 0.0497. The van der Waals surface area contributed by atoms with E-state index in [1.807, 2.05) is 32.8 Å². The Morgan fingerprint density at radius 2 is 1.86 bits per heavy atom. The van der Waals surface area contributed by atoms with Gasteiger partial charge in [0.15, 0.2) is 0 Å². The molecule has 0 aromatic rings. The van der Waals surface area contributed by atoms with Crippen molar-refractivity contribution in [3.63, 3.8) is 0 Å². The molecule has 6 nitrogen and oxygen atoms in total. The zero-order chi connectivity index (χ0) is 16.2. The third-order valence-electron chi connectivity index (χ3n) is 3.89. The van der Waals surface area contributed by atoms with Crippen molar-refractivity contribution >= 4 is 12.0 Å². The molecule has 1 aliphatic rings. The van der Waals surface area contributed by atoms with Gasteiger partial charge < -0.3 is 20.2 Å². The fourth-order valence-corrected chi connectivity index (χ4v) is 2.33. The van der Waals surface area contributed by atoms with E-state index in [2.05, 4.69) is 5.32 Å². The number of nitrogens with zero attached hydrogens (tertiary/aromatic N) is 2. The van der Waals surface area contributed by atoms with Gasteiger partial charge in [0.25, 0.3) is 0 Å². The lowest BCUT2D eigenvalue weighted by Gasteiger charge is -2.32. The number of amides is 2. The number of carbonyl (C=O) groups excluding carboxylic acids is 1. The molecule has 122 valence electrons. The molecule has 6 heteroatoms. The minimum atomic E-state index is -1.15. The van der Waals surface area contributed by atoms with E-state index in [9.17, 15) is 14.7 Å². The van der Waals surface area contributed by atoms with Gasteiger partial charge in [0.1, 0.15) is 5.54 Å². The molecule has 1 unspecified atom stereocenters. The Labute approximate surface area is 127 Å². The summed E-state index contributed by atoms with van der Waals surface area (Å²) >= 11 is 0. The van der Waals surface area contributed by atoms with Gasteiger partial charge in [-0.25, -0.2) is 9.59 Å². The van der Waals surface area contributed by atoms with Gasteiger partial charge in [-0.1, -0.05) is 13.8 Å². The summed E-state index contributed by atoms with van der Waals surface area (Å²) in [5.41, 5.74) is -1.15. The third kappa shape index (κ3) is 5.19. The highest BCUT2D eigenvalue weighted by molar-refractivity contribution is 5.86. The van der Waals surface area contributed by atoms with Crippen LogP contribution in [0.5, 0.6) is 0 Å². The van der Waals surface area contributed by atoms with E-state index in [-0.39, 0.29) is 11.9 Å². The molecule has 1 saturated carbocycles. The number of carbonyl (C=O) groups is 2. The molecule has 0 bridgehead atoms. The zero-order valence-electron chi connectivity index (χ0n) is 13.8. The van der Waals surface area contributed by atoms with Crippen molar-refractivity contribution in [3.8, 4) is 0 Å². The summed E-state index contributed by atoms with van der Waals surface area (Å²) in [6.45, 7) is 7.69. The maximum atomic E-state index is 12.5. The van der Waals surface area contributed by atoms with Gasteiger partial charge in [0.05, 0.1) is 0 Å². The largest absolute Gasteiger partial charge is 0.480 e. The summed E-state index contributed by atoms with van der Waals surface area (Å²) in [4.78, 5) is 27.7. The first kappa shape index (κ1) is 17.8. The number of rotatable bonds is 8. The van der Waals surface area contributed by atoms with Crippen LogP contribution in [-0.4, -0.2) is 66.2 Å². The SMILES string of the molecule is CC(C)CN(CCN(C)C)C(=O)NC(C)(C(=O)O)C1CC1. The van der Waals surface area contributed by atoms with E-state index < -0.39 is 11.5 Å². The van der Waals surface area contributed by atoms with Crippen LogP contribution in [-0.2, 0) is 4.79 Å². The first-order chi connectivity index (χ1) is 9.66. The first-order valence-electron chi connectivity index (χ1n) is 7.62. The van der Waals surface area contributed by atoms with Crippen LogP contribution >= 0.6 is 0 Å². The maximum absolute atomic E-state index is 12.5. The Morgan fingerprint density at radius 3 is 2.24 bits per heavy atom. The van der Waals surface area contributed by atoms with E-state index in [1.165, 1.54) is 0 Å². The number of hydrogen-bond acceptors (Lipinski definition) is 3. The van der Waals surface area contributed by atoms with Gasteiger partial charge in [-0.05, 0) is 45.7 Å². The highest BCUT2D eigenvalue weighted by Crippen LogP contribution is 2.39. The Morgan fingerprint density at radius 1 is 1.29 bits per heavy atom. The van der Waals surface area contributed by atoms with Crippen molar-refractivity contribution in [2.45, 2.75) is 39.2 Å².